The lowest BCUT2D eigenvalue weighted by molar-refractivity contribution is 0.199. The van der Waals surface area contributed by atoms with Crippen LogP contribution in [0.1, 0.15) is 57.6 Å². The van der Waals surface area contributed by atoms with Gasteiger partial charge in [-0.15, -0.1) is 0 Å². The second-order valence-electron chi connectivity index (χ2n) is 5.82. The topological polar surface area (TPSA) is 36.4 Å². The van der Waals surface area contributed by atoms with Crippen molar-refractivity contribution < 1.29 is 5.11 Å². The van der Waals surface area contributed by atoms with Crippen LogP contribution < -0.4 is 4.90 Å². The number of pyridine rings is 1. The average molecular weight is 262 g/mol. The second kappa shape index (κ2) is 6.38. The highest BCUT2D eigenvalue weighted by Gasteiger charge is 2.23. The number of aliphatic hydroxyl groups is 1. The lowest BCUT2D eigenvalue weighted by Gasteiger charge is -2.35. The minimum absolute atomic E-state index is 0.438. The number of hydrogen-bond acceptors (Lipinski definition) is 3. The Hall–Kier alpha value is -1.09. The van der Waals surface area contributed by atoms with E-state index >= 15 is 0 Å². The van der Waals surface area contributed by atoms with Crippen molar-refractivity contribution in [2.45, 2.75) is 58.1 Å². The van der Waals surface area contributed by atoms with Crippen LogP contribution in [0.4, 0.5) is 5.82 Å². The standard InChI is InChI=1S/C16H26N2O/c1-4-13-5-8-15(9-6-13)18(3)16-10-7-14(11-17-16)12(2)19/h7,10-13,15,19H,4-6,8-9H2,1-3H3/t12-,13?,15?/m1/s1. The summed E-state index contributed by atoms with van der Waals surface area (Å²) < 4.78 is 0. The molecule has 1 aliphatic carbocycles. The average Bonchev–Trinajstić information content (AvgIpc) is 2.46. The van der Waals surface area contributed by atoms with Crippen LogP contribution in [0.25, 0.3) is 0 Å². The van der Waals surface area contributed by atoms with Crippen LogP contribution in [-0.2, 0) is 0 Å². The number of aliphatic hydroxyl groups excluding tert-OH is 1. The van der Waals surface area contributed by atoms with Crippen molar-refractivity contribution in [3.05, 3.63) is 23.9 Å². The van der Waals surface area contributed by atoms with E-state index in [4.69, 9.17) is 0 Å². The molecule has 1 aromatic heterocycles. The van der Waals surface area contributed by atoms with Gasteiger partial charge in [0.25, 0.3) is 0 Å². The smallest absolute Gasteiger partial charge is 0.128 e. The Labute approximate surface area is 116 Å². The van der Waals surface area contributed by atoms with Crippen molar-refractivity contribution in [1.29, 1.82) is 0 Å². The molecule has 106 valence electrons. The maximum Gasteiger partial charge on any atom is 0.128 e. The lowest BCUT2D eigenvalue weighted by atomic mass is 9.84. The third-order valence-electron chi connectivity index (χ3n) is 4.56. The van der Waals surface area contributed by atoms with Gasteiger partial charge in [0.05, 0.1) is 6.10 Å². The zero-order valence-corrected chi connectivity index (χ0v) is 12.3. The molecule has 0 saturated heterocycles. The maximum atomic E-state index is 9.50. The van der Waals surface area contributed by atoms with Crippen LogP contribution in [0.5, 0.6) is 0 Å². The molecule has 0 bridgehead atoms. The van der Waals surface area contributed by atoms with Crippen LogP contribution in [0.3, 0.4) is 0 Å². The molecule has 1 heterocycles. The number of aromatic nitrogens is 1. The third kappa shape index (κ3) is 3.47. The predicted molar refractivity (Wildman–Crippen MR) is 79.3 cm³/mol. The fraction of sp³-hybridized carbons (Fsp3) is 0.688. The molecule has 19 heavy (non-hydrogen) atoms. The van der Waals surface area contributed by atoms with Crippen molar-refractivity contribution in [3.8, 4) is 0 Å². The van der Waals surface area contributed by atoms with E-state index in [0.717, 1.165) is 17.3 Å². The van der Waals surface area contributed by atoms with Gasteiger partial charge in [0.15, 0.2) is 0 Å². The summed E-state index contributed by atoms with van der Waals surface area (Å²) in [6.07, 6.45) is 7.90. The summed E-state index contributed by atoms with van der Waals surface area (Å²) >= 11 is 0. The first kappa shape index (κ1) is 14.3. The van der Waals surface area contributed by atoms with Crippen molar-refractivity contribution in [1.82, 2.24) is 4.98 Å². The number of nitrogens with zero attached hydrogens (tertiary/aromatic N) is 2. The molecule has 1 aromatic rings. The van der Waals surface area contributed by atoms with Crippen molar-refractivity contribution in [3.63, 3.8) is 0 Å². The van der Waals surface area contributed by atoms with E-state index in [0.29, 0.717) is 6.04 Å². The summed E-state index contributed by atoms with van der Waals surface area (Å²) in [4.78, 5) is 6.78. The van der Waals surface area contributed by atoms with Gasteiger partial charge < -0.3 is 10.0 Å². The molecule has 0 aliphatic heterocycles. The maximum absolute atomic E-state index is 9.50. The van der Waals surface area contributed by atoms with Gasteiger partial charge in [-0.25, -0.2) is 4.98 Å². The first-order valence-corrected chi connectivity index (χ1v) is 7.48. The van der Waals surface area contributed by atoms with E-state index in [1.165, 1.54) is 32.1 Å². The molecule has 2 rings (SSSR count). The number of anilines is 1. The lowest BCUT2D eigenvalue weighted by Crippen LogP contribution is -2.35. The predicted octanol–water partition coefficient (Wildman–Crippen LogP) is 3.54. The Balaban J connectivity index is 1.97. The van der Waals surface area contributed by atoms with Crippen LogP contribution in [0, 0.1) is 5.92 Å². The van der Waals surface area contributed by atoms with Gasteiger partial charge in [-0.1, -0.05) is 19.4 Å². The van der Waals surface area contributed by atoms with E-state index < -0.39 is 6.10 Å². The Morgan fingerprint density at radius 3 is 2.47 bits per heavy atom. The molecule has 3 heteroatoms. The molecule has 0 unspecified atom stereocenters. The fourth-order valence-corrected chi connectivity index (χ4v) is 2.98. The minimum atomic E-state index is -0.438. The SMILES string of the molecule is CCC1CCC(N(C)c2ccc([C@@H](C)O)cn2)CC1. The molecule has 0 spiro atoms. The molecule has 0 aromatic carbocycles. The van der Waals surface area contributed by atoms with Crippen molar-refractivity contribution in [2.24, 2.45) is 5.92 Å². The zero-order chi connectivity index (χ0) is 13.8. The molecule has 0 radical (unpaired) electrons. The van der Waals surface area contributed by atoms with Gasteiger partial charge in [0.2, 0.25) is 0 Å². The first-order valence-electron chi connectivity index (χ1n) is 7.48. The molecule has 0 amide bonds. The van der Waals surface area contributed by atoms with Crippen LogP contribution >= 0.6 is 0 Å². The van der Waals surface area contributed by atoms with Crippen LogP contribution in [0.15, 0.2) is 18.3 Å². The normalized spacial score (nSPS) is 25.1. The fourth-order valence-electron chi connectivity index (χ4n) is 2.98. The van der Waals surface area contributed by atoms with Gasteiger partial charge in [0.1, 0.15) is 5.82 Å². The van der Waals surface area contributed by atoms with E-state index in [9.17, 15) is 5.11 Å². The summed E-state index contributed by atoms with van der Waals surface area (Å²) in [5.41, 5.74) is 0.881. The molecule has 1 N–H and O–H groups in total. The van der Waals surface area contributed by atoms with E-state index in [1.807, 2.05) is 12.1 Å². The summed E-state index contributed by atoms with van der Waals surface area (Å²) in [7, 11) is 2.14. The highest BCUT2D eigenvalue weighted by atomic mass is 16.3. The largest absolute Gasteiger partial charge is 0.389 e. The second-order valence-corrected chi connectivity index (χ2v) is 5.82. The Morgan fingerprint density at radius 1 is 1.32 bits per heavy atom. The summed E-state index contributed by atoms with van der Waals surface area (Å²) in [6, 6.07) is 4.61. The molecular weight excluding hydrogens is 236 g/mol. The highest BCUT2D eigenvalue weighted by molar-refractivity contribution is 5.40. The molecule has 1 fully saturated rings. The third-order valence-corrected chi connectivity index (χ3v) is 4.56. The summed E-state index contributed by atoms with van der Waals surface area (Å²) in [5.74, 6) is 1.94. The first-order chi connectivity index (χ1) is 9.11. The van der Waals surface area contributed by atoms with Crippen molar-refractivity contribution >= 4 is 5.82 Å². The molecule has 1 saturated carbocycles. The monoisotopic (exact) mass is 262 g/mol. The van der Waals surface area contributed by atoms with Crippen molar-refractivity contribution in [2.75, 3.05) is 11.9 Å². The van der Waals surface area contributed by atoms with Gasteiger partial charge in [-0.3, -0.25) is 0 Å². The number of rotatable bonds is 4. The van der Waals surface area contributed by atoms with Gasteiger partial charge >= 0.3 is 0 Å². The quantitative estimate of drug-likeness (QED) is 0.901. The molecule has 1 aliphatic rings. The van der Waals surface area contributed by atoms with Gasteiger partial charge in [-0.05, 0) is 50.2 Å². The van der Waals surface area contributed by atoms with E-state index in [-0.39, 0.29) is 0 Å². The molecular formula is C16H26N2O. The number of hydrogen-bond donors (Lipinski definition) is 1. The minimum Gasteiger partial charge on any atom is -0.389 e. The zero-order valence-electron chi connectivity index (χ0n) is 12.3. The van der Waals surface area contributed by atoms with E-state index in [2.05, 4.69) is 23.9 Å². The highest BCUT2D eigenvalue weighted by Crippen LogP contribution is 2.30. The van der Waals surface area contributed by atoms with Crippen LogP contribution in [0.2, 0.25) is 0 Å². The van der Waals surface area contributed by atoms with Crippen LogP contribution in [-0.4, -0.2) is 23.2 Å². The van der Waals surface area contributed by atoms with Gasteiger partial charge in [0, 0.05) is 19.3 Å². The Kier molecular flexibility index (Phi) is 4.81. The molecule has 3 nitrogen and oxygen atoms in total. The van der Waals surface area contributed by atoms with E-state index in [1.54, 1.807) is 13.1 Å². The molecule has 1 atom stereocenters. The Bertz CT molecular complexity index is 380. The Morgan fingerprint density at radius 2 is 2.00 bits per heavy atom. The van der Waals surface area contributed by atoms with Gasteiger partial charge in [-0.2, -0.15) is 0 Å². The summed E-state index contributed by atoms with van der Waals surface area (Å²) in [5, 5.41) is 9.50. The summed E-state index contributed by atoms with van der Waals surface area (Å²) in [6.45, 7) is 4.07.